The van der Waals surface area contributed by atoms with Gasteiger partial charge in [0.05, 0.1) is 5.75 Å². The van der Waals surface area contributed by atoms with Gasteiger partial charge in [-0.15, -0.1) is 0 Å². The molecule has 0 heterocycles. The van der Waals surface area contributed by atoms with Crippen LogP contribution in [0.5, 0.6) is 0 Å². The Balaban J connectivity index is 1.79. The number of halogens is 2. The molecule has 4 aliphatic carbocycles. The lowest BCUT2D eigenvalue weighted by Crippen LogP contribution is -2.66. The number of aliphatic carboxylic acids is 1. The van der Waals surface area contributed by atoms with Gasteiger partial charge in [-0.2, -0.15) is 0 Å². The Bertz CT molecular complexity index is 946. The van der Waals surface area contributed by atoms with Crippen molar-refractivity contribution < 1.29 is 28.3 Å². The van der Waals surface area contributed by atoms with Crippen LogP contribution in [0, 0.1) is 39.9 Å². The van der Waals surface area contributed by atoms with E-state index < -0.39 is 45.9 Å². The molecule has 0 saturated heterocycles. The minimum absolute atomic E-state index is 0.00288. The molecule has 176 valence electrons. The number of carbonyl (C=O) groups is 3. The van der Waals surface area contributed by atoms with Crippen molar-refractivity contribution in [1.82, 2.24) is 0 Å². The summed E-state index contributed by atoms with van der Waals surface area (Å²) >= 11 is 0.823. The molecule has 4 rings (SSSR count). The van der Waals surface area contributed by atoms with Crippen LogP contribution in [-0.2, 0) is 14.4 Å². The van der Waals surface area contributed by atoms with Crippen LogP contribution >= 0.6 is 11.8 Å². The summed E-state index contributed by atoms with van der Waals surface area (Å²) in [5, 5.41) is 8.90. The lowest BCUT2D eigenvalue weighted by molar-refractivity contribution is -0.181. The number of alkyl halides is 2. The van der Waals surface area contributed by atoms with Crippen LogP contribution in [0.1, 0.15) is 53.9 Å². The first-order valence-corrected chi connectivity index (χ1v) is 12.4. The van der Waals surface area contributed by atoms with E-state index in [0.717, 1.165) is 11.8 Å². The third-order valence-electron chi connectivity index (χ3n) is 9.89. The molecule has 0 bridgehead atoms. The van der Waals surface area contributed by atoms with Crippen molar-refractivity contribution in [3.05, 3.63) is 23.8 Å². The second kappa shape index (κ2) is 7.25. The van der Waals surface area contributed by atoms with Crippen LogP contribution in [0.25, 0.3) is 0 Å². The maximum Gasteiger partial charge on any atom is 0.313 e. The molecule has 0 aliphatic heterocycles. The van der Waals surface area contributed by atoms with E-state index in [9.17, 15) is 14.4 Å². The number of hydrogen-bond donors (Lipinski definition) is 1. The largest absolute Gasteiger partial charge is 0.481 e. The number of carbonyl (C=O) groups excluding carboxylic acids is 2. The fourth-order valence-corrected chi connectivity index (χ4v) is 8.98. The Kier molecular flexibility index (Phi) is 5.36. The summed E-state index contributed by atoms with van der Waals surface area (Å²) < 4.78 is 32.8. The number of hydrogen-bond acceptors (Lipinski definition) is 4. The summed E-state index contributed by atoms with van der Waals surface area (Å²) in [4.78, 5) is 36.4. The smallest absolute Gasteiger partial charge is 0.313 e. The van der Waals surface area contributed by atoms with Crippen LogP contribution in [-0.4, -0.2) is 39.6 Å². The first-order chi connectivity index (χ1) is 14.7. The monoisotopic (exact) mass is 466 g/mol. The van der Waals surface area contributed by atoms with Crippen LogP contribution < -0.4 is 0 Å². The molecule has 4 nitrogen and oxygen atoms in total. The summed E-state index contributed by atoms with van der Waals surface area (Å²) in [7, 11) is 0. The molecule has 7 heteroatoms. The van der Waals surface area contributed by atoms with E-state index in [1.54, 1.807) is 13.0 Å². The number of allylic oxidation sites excluding steroid dienone is 4. The predicted molar refractivity (Wildman–Crippen MR) is 120 cm³/mol. The normalized spacial score (nSPS) is 49.7. The van der Waals surface area contributed by atoms with Gasteiger partial charge in [0.15, 0.2) is 10.9 Å². The van der Waals surface area contributed by atoms with E-state index in [1.807, 2.05) is 27.7 Å². The van der Waals surface area contributed by atoms with Gasteiger partial charge in [0, 0.05) is 16.7 Å². The van der Waals surface area contributed by atoms with Crippen molar-refractivity contribution in [1.29, 1.82) is 0 Å². The third-order valence-corrected chi connectivity index (χ3v) is 11.0. The highest BCUT2D eigenvalue weighted by Crippen LogP contribution is 2.74. The van der Waals surface area contributed by atoms with E-state index in [2.05, 4.69) is 0 Å². The molecule has 0 amide bonds. The lowest BCUT2D eigenvalue weighted by Gasteiger charge is -2.64. The van der Waals surface area contributed by atoms with Gasteiger partial charge in [-0.1, -0.05) is 45.5 Å². The van der Waals surface area contributed by atoms with Gasteiger partial charge >= 0.3 is 5.97 Å². The molecule has 0 aromatic carbocycles. The molecule has 0 aromatic heterocycles. The van der Waals surface area contributed by atoms with E-state index in [-0.39, 0.29) is 40.5 Å². The number of carboxylic acid groups (broad SMARTS) is 1. The third kappa shape index (κ3) is 2.75. The first-order valence-electron chi connectivity index (χ1n) is 11.4. The fourth-order valence-electron chi connectivity index (χ4n) is 7.99. The fraction of sp³-hybridized carbons (Fsp3) is 0.720. The Morgan fingerprint density at radius 1 is 1.16 bits per heavy atom. The van der Waals surface area contributed by atoms with Gasteiger partial charge in [0.25, 0.3) is 0 Å². The Hall–Kier alpha value is -1.50. The van der Waals surface area contributed by atoms with E-state index >= 15 is 8.78 Å². The van der Waals surface area contributed by atoms with Crippen LogP contribution in [0.15, 0.2) is 23.8 Å². The Morgan fingerprint density at radius 3 is 2.44 bits per heavy atom. The minimum Gasteiger partial charge on any atom is -0.481 e. The number of fused-ring (bicyclic) bond motifs is 5. The average Bonchev–Trinajstić information content (AvgIpc) is 2.91. The highest BCUT2D eigenvalue weighted by molar-refractivity contribution is 8.14. The van der Waals surface area contributed by atoms with E-state index in [1.165, 1.54) is 12.2 Å². The molecule has 4 aliphatic rings. The number of ketones is 1. The van der Waals surface area contributed by atoms with Crippen LogP contribution in [0.4, 0.5) is 8.78 Å². The summed E-state index contributed by atoms with van der Waals surface area (Å²) in [6, 6.07) is 0. The van der Waals surface area contributed by atoms with Gasteiger partial charge in [-0.3, -0.25) is 14.4 Å². The number of thioether (sulfide) groups is 1. The second-order valence-corrected chi connectivity index (χ2v) is 12.0. The molecule has 0 spiro atoms. The lowest BCUT2D eigenvalue weighted by atomic mass is 9.42. The summed E-state index contributed by atoms with van der Waals surface area (Å²) in [6.07, 6.45) is 3.84. The standard InChI is InChI=1S/C25H32F2O4S/c1-13-8-16-17-10-19(26)18-9-15(28)6-7-22(18,3)25(17,27)14(2)11-23(16,4)24(13,5)21(31)32-12-20(29)30/h6-7,9,13-14,16-17,19H,8,10-12H2,1-5H3,(H,29,30)/t13-,14+,16?,17?,19+,22+,23+,24-,25-/m1/s1. The summed E-state index contributed by atoms with van der Waals surface area (Å²) in [5.74, 6) is -2.99. The summed E-state index contributed by atoms with van der Waals surface area (Å²) in [5.41, 5.74) is -4.09. The molecule has 1 N–H and O–H groups in total. The van der Waals surface area contributed by atoms with Crippen molar-refractivity contribution in [3.8, 4) is 0 Å². The maximum atomic E-state index is 17.3. The molecular weight excluding hydrogens is 434 g/mol. The molecule has 2 unspecified atom stereocenters. The van der Waals surface area contributed by atoms with Crippen molar-refractivity contribution in [2.24, 2.45) is 39.9 Å². The second-order valence-electron chi connectivity index (χ2n) is 11.1. The van der Waals surface area contributed by atoms with Gasteiger partial charge in [0.2, 0.25) is 0 Å². The van der Waals surface area contributed by atoms with Crippen LogP contribution in [0.2, 0.25) is 0 Å². The van der Waals surface area contributed by atoms with Crippen molar-refractivity contribution >= 4 is 28.6 Å². The van der Waals surface area contributed by atoms with Gasteiger partial charge in [-0.05, 0) is 67.1 Å². The zero-order chi connectivity index (χ0) is 23.9. The first kappa shape index (κ1) is 23.7. The van der Waals surface area contributed by atoms with Crippen molar-refractivity contribution in [2.45, 2.75) is 65.7 Å². The van der Waals surface area contributed by atoms with Crippen LogP contribution in [0.3, 0.4) is 0 Å². The highest BCUT2D eigenvalue weighted by atomic mass is 32.2. The molecule has 3 fully saturated rings. The molecule has 0 radical (unpaired) electrons. The molecule has 32 heavy (non-hydrogen) atoms. The SMILES string of the molecule is C[C@@H]1CC2C3C[C@H](F)C4=CC(=O)C=C[C@]4(C)[C@@]3(F)[C@@H](C)C[C@]2(C)[C@@]1(C)C(=O)SCC(=O)O. The highest BCUT2D eigenvalue weighted by Gasteiger charge is 2.74. The van der Waals surface area contributed by atoms with E-state index in [0.29, 0.717) is 12.8 Å². The zero-order valence-corrected chi connectivity index (χ0v) is 20.1. The number of carboxylic acids is 1. The minimum atomic E-state index is -1.73. The van der Waals surface area contributed by atoms with E-state index in [4.69, 9.17) is 5.11 Å². The number of rotatable bonds is 3. The molecule has 3 saturated carbocycles. The quantitative estimate of drug-likeness (QED) is 0.621. The molecular formula is C25H32F2O4S. The van der Waals surface area contributed by atoms with Crippen molar-refractivity contribution in [3.63, 3.8) is 0 Å². The average molecular weight is 467 g/mol. The molecule has 9 atom stereocenters. The Morgan fingerprint density at radius 2 is 1.81 bits per heavy atom. The molecule has 0 aromatic rings. The van der Waals surface area contributed by atoms with Gasteiger partial charge < -0.3 is 5.11 Å². The topological polar surface area (TPSA) is 71.4 Å². The van der Waals surface area contributed by atoms with Crippen molar-refractivity contribution in [2.75, 3.05) is 5.75 Å². The zero-order valence-electron chi connectivity index (χ0n) is 19.3. The van der Waals surface area contributed by atoms with Gasteiger partial charge in [0.1, 0.15) is 11.8 Å². The van der Waals surface area contributed by atoms with Gasteiger partial charge in [-0.25, -0.2) is 8.78 Å². The Labute approximate surface area is 192 Å². The predicted octanol–water partition coefficient (Wildman–Crippen LogP) is 5.18. The summed E-state index contributed by atoms with van der Waals surface area (Å²) in [6.45, 7) is 9.46. The maximum absolute atomic E-state index is 17.3.